The van der Waals surface area contributed by atoms with Crippen molar-refractivity contribution in [2.24, 2.45) is 0 Å². The maximum absolute atomic E-state index is 11.9. The Morgan fingerprint density at radius 2 is 2.05 bits per heavy atom. The van der Waals surface area contributed by atoms with E-state index in [1.54, 1.807) is 0 Å². The van der Waals surface area contributed by atoms with Crippen LogP contribution in [0.25, 0.3) is 0 Å². The molecule has 1 aromatic carbocycles. The standard InChI is InChI=1S/C12H18N2O4S/c1-3-4-8-14-11-9(12(15)16)6-5-7-10(11)19(17,18)13-2/h5-7,13-14H,3-4,8H2,1-2H3,(H,15,16). The molecule has 1 rings (SSSR count). The lowest BCUT2D eigenvalue weighted by Gasteiger charge is -2.14. The number of carbonyl (C=O) groups is 1. The number of hydrogen-bond donors (Lipinski definition) is 3. The summed E-state index contributed by atoms with van der Waals surface area (Å²) in [7, 11) is -2.41. The number of unbranched alkanes of at least 4 members (excludes halogenated alkanes) is 1. The van der Waals surface area contributed by atoms with Gasteiger partial charge in [0.15, 0.2) is 0 Å². The topological polar surface area (TPSA) is 95.5 Å². The van der Waals surface area contributed by atoms with Gasteiger partial charge in [-0.2, -0.15) is 0 Å². The number of para-hydroxylation sites is 1. The third-order valence-electron chi connectivity index (χ3n) is 2.65. The number of aromatic carboxylic acids is 1. The summed E-state index contributed by atoms with van der Waals surface area (Å²) in [6.45, 7) is 2.52. The Morgan fingerprint density at radius 1 is 1.37 bits per heavy atom. The molecule has 7 heteroatoms. The smallest absolute Gasteiger partial charge is 0.337 e. The van der Waals surface area contributed by atoms with Crippen LogP contribution in [-0.4, -0.2) is 33.1 Å². The zero-order valence-corrected chi connectivity index (χ0v) is 11.8. The molecule has 0 fully saturated rings. The van der Waals surface area contributed by atoms with E-state index in [1.807, 2.05) is 6.92 Å². The van der Waals surface area contributed by atoms with E-state index >= 15 is 0 Å². The highest BCUT2D eigenvalue weighted by Gasteiger charge is 2.21. The zero-order valence-electron chi connectivity index (χ0n) is 10.9. The van der Waals surface area contributed by atoms with Crippen molar-refractivity contribution in [1.29, 1.82) is 0 Å². The predicted molar refractivity (Wildman–Crippen MR) is 73.0 cm³/mol. The van der Waals surface area contributed by atoms with Crippen LogP contribution in [0.2, 0.25) is 0 Å². The number of sulfonamides is 1. The fourth-order valence-corrected chi connectivity index (χ4v) is 2.54. The van der Waals surface area contributed by atoms with Crippen molar-refractivity contribution in [3.8, 4) is 0 Å². The molecule has 0 aliphatic carbocycles. The first kappa shape index (κ1) is 15.5. The Kier molecular flexibility index (Phi) is 5.31. The first-order valence-electron chi connectivity index (χ1n) is 5.97. The van der Waals surface area contributed by atoms with E-state index in [1.165, 1.54) is 25.2 Å². The highest BCUT2D eigenvalue weighted by molar-refractivity contribution is 7.89. The first-order valence-corrected chi connectivity index (χ1v) is 7.46. The third-order valence-corrected chi connectivity index (χ3v) is 4.10. The van der Waals surface area contributed by atoms with Crippen molar-refractivity contribution in [1.82, 2.24) is 4.72 Å². The molecule has 0 bridgehead atoms. The van der Waals surface area contributed by atoms with E-state index in [9.17, 15) is 13.2 Å². The summed E-state index contributed by atoms with van der Waals surface area (Å²) in [4.78, 5) is 11.1. The normalized spacial score (nSPS) is 11.3. The van der Waals surface area contributed by atoms with Crippen molar-refractivity contribution in [3.05, 3.63) is 23.8 Å². The molecule has 0 aliphatic rings. The summed E-state index contributed by atoms with van der Waals surface area (Å²) in [6.07, 6.45) is 1.75. The molecule has 106 valence electrons. The van der Waals surface area contributed by atoms with Crippen molar-refractivity contribution in [2.45, 2.75) is 24.7 Å². The minimum atomic E-state index is -3.70. The van der Waals surface area contributed by atoms with Gasteiger partial charge in [0, 0.05) is 6.54 Å². The highest BCUT2D eigenvalue weighted by atomic mass is 32.2. The van der Waals surface area contributed by atoms with Crippen LogP contribution >= 0.6 is 0 Å². The lowest BCUT2D eigenvalue weighted by Crippen LogP contribution is -2.21. The second-order valence-electron chi connectivity index (χ2n) is 3.97. The van der Waals surface area contributed by atoms with E-state index in [0.29, 0.717) is 6.54 Å². The van der Waals surface area contributed by atoms with Crippen LogP contribution in [0.5, 0.6) is 0 Å². The van der Waals surface area contributed by atoms with Gasteiger partial charge in [-0.05, 0) is 25.6 Å². The first-order chi connectivity index (χ1) is 8.94. The van der Waals surface area contributed by atoms with E-state index in [4.69, 9.17) is 5.11 Å². The highest BCUT2D eigenvalue weighted by Crippen LogP contribution is 2.25. The minimum Gasteiger partial charge on any atom is -0.478 e. The number of benzene rings is 1. The summed E-state index contributed by atoms with van der Waals surface area (Å²) < 4.78 is 26.0. The van der Waals surface area contributed by atoms with Gasteiger partial charge in [0.05, 0.1) is 11.3 Å². The van der Waals surface area contributed by atoms with Gasteiger partial charge in [-0.3, -0.25) is 0 Å². The molecule has 0 atom stereocenters. The van der Waals surface area contributed by atoms with Crippen LogP contribution in [0.3, 0.4) is 0 Å². The average Bonchev–Trinajstić information content (AvgIpc) is 2.38. The Hall–Kier alpha value is -1.60. The Bertz CT molecular complexity index is 555. The van der Waals surface area contributed by atoms with Crippen LogP contribution in [0.4, 0.5) is 5.69 Å². The second kappa shape index (κ2) is 6.53. The molecular weight excluding hydrogens is 268 g/mol. The molecule has 0 aliphatic heterocycles. The summed E-state index contributed by atoms with van der Waals surface area (Å²) >= 11 is 0. The van der Waals surface area contributed by atoms with Gasteiger partial charge in [-0.25, -0.2) is 17.9 Å². The molecule has 6 nitrogen and oxygen atoms in total. The molecule has 19 heavy (non-hydrogen) atoms. The number of carboxylic acids is 1. The van der Waals surface area contributed by atoms with Crippen LogP contribution in [0, 0.1) is 0 Å². The summed E-state index contributed by atoms with van der Waals surface area (Å²) in [6, 6.07) is 4.18. The van der Waals surface area contributed by atoms with Gasteiger partial charge >= 0.3 is 5.97 Å². The fourth-order valence-electron chi connectivity index (χ4n) is 1.62. The quantitative estimate of drug-likeness (QED) is 0.660. The lowest BCUT2D eigenvalue weighted by atomic mass is 10.1. The molecule has 1 aromatic rings. The van der Waals surface area contributed by atoms with Crippen molar-refractivity contribution in [3.63, 3.8) is 0 Å². The Morgan fingerprint density at radius 3 is 2.58 bits per heavy atom. The number of rotatable bonds is 7. The summed E-state index contributed by atoms with van der Waals surface area (Å²) in [5.41, 5.74) is 0.0882. The molecule has 0 amide bonds. The van der Waals surface area contributed by atoms with Crippen LogP contribution in [-0.2, 0) is 10.0 Å². The molecule has 0 saturated carbocycles. The number of carboxylic acid groups (broad SMARTS) is 1. The maximum Gasteiger partial charge on any atom is 0.337 e. The average molecular weight is 286 g/mol. The van der Waals surface area contributed by atoms with Gasteiger partial charge in [0.1, 0.15) is 4.90 Å². The number of nitrogens with one attached hydrogen (secondary N) is 2. The van der Waals surface area contributed by atoms with Gasteiger partial charge in [0.25, 0.3) is 0 Å². The fraction of sp³-hybridized carbons (Fsp3) is 0.417. The molecule has 0 radical (unpaired) electrons. The number of hydrogen-bond acceptors (Lipinski definition) is 4. The van der Waals surface area contributed by atoms with Crippen LogP contribution < -0.4 is 10.0 Å². The zero-order chi connectivity index (χ0) is 14.5. The lowest BCUT2D eigenvalue weighted by molar-refractivity contribution is 0.0697. The van der Waals surface area contributed by atoms with Gasteiger partial charge in [-0.15, -0.1) is 0 Å². The Balaban J connectivity index is 3.30. The molecule has 3 N–H and O–H groups in total. The summed E-state index contributed by atoms with van der Waals surface area (Å²) in [5, 5.41) is 12.0. The minimum absolute atomic E-state index is 0.0487. The molecule has 0 unspecified atom stereocenters. The van der Waals surface area contributed by atoms with Gasteiger partial charge in [-0.1, -0.05) is 19.4 Å². The maximum atomic E-state index is 11.9. The van der Waals surface area contributed by atoms with Crippen LogP contribution in [0.1, 0.15) is 30.1 Å². The summed E-state index contributed by atoms with van der Waals surface area (Å²) in [5.74, 6) is -1.16. The third kappa shape index (κ3) is 3.68. The van der Waals surface area contributed by atoms with Gasteiger partial charge < -0.3 is 10.4 Å². The Labute approximate surface area is 112 Å². The van der Waals surface area contributed by atoms with Gasteiger partial charge in [0.2, 0.25) is 10.0 Å². The molecular formula is C12H18N2O4S. The van der Waals surface area contributed by atoms with Crippen molar-refractivity contribution >= 4 is 21.7 Å². The monoisotopic (exact) mass is 286 g/mol. The second-order valence-corrected chi connectivity index (χ2v) is 5.83. The largest absolute Gasteiger partial charge is 0.478 e. The van der Waals surface area contributed by atoms with E-state index in [0.717, 1.165) is 12.8 Å². The SMILES string of the molecule is CCCCNc1c(C(=O)O)cccc1S(=O)(=O)NC. The number of anilines is 1. The molecule has 0 saturated heterocycles. The van der Waals surface area contributed by atoms with Crippen LogP contribution in [0.15, 0.2) is 23.1 Å². The molecule has 0 aromatic heterocycles. The molecule has 0 heterocycles. The van der Waals surface area contributed by atoms with E-state index in [2.05, 4.69) is 10.0 Å². The van der Waals surface area contributed by atoms with Crippen molar-refractivity contribution in [2.75, 3.05) is 18.9 Å². The molecule has 0 spiro atoms. The van der Waals surface area contributed by atoms with Crippen molar-refractivity contribution < 1.29 is 18.3 Å². The predicted octanol–water partition coefficient (Wildman–Crippen LogP) is 1.50. The van der Waals surface area contributed by atoms with E-state index in [-0.39, 0.29) is 16.1 Å². The van der Waals surface area contributed by atoms with E-state index < -0.39 is 16.0 Å².